The number of benzene rings is 1. The predicted molar refractivity (Wildman–Crippen MR) is 80.9 cm³/mol. The molecule has 0 amide bonds. The molecule has 27 heavy (non-hydrogen) atoms. The van der Waals surface area contributed by atoms with Crippen LogP contribution in [0.5, 0.6) is 0 Å². The number of hydrogen-bond donors (Lipinski definition) is 1. The molecule has 0 aliphatic heterocycles. The summed E-state index contributed by atoms with van der Waals surface area (Å²) in [6.45, 7) is 0. The van der Waals surface area contributed by atoms with Crippen molar-refractivity contribution in [1.29, 1.82) is 0 Å². The van der Waals surface area contributed by atoms with Gasteiger partial charge in [-0.3, -0.25) is 0 Å². The van der Waals surface area contributed by atoms with Gasteiger partial charge >= 0.3 is 6.18 Å². The third-order valence-electron chi connectivity index (χ3n) is 3.30. The molecule has 1 aromatic carbocycles. The van der Waals surface area contributed by atoms with E-state index in [1.54, 1.807) is 0 Å². The summed E-state index contributed by atoms with van der Waals surface area (Å²) in [5, 5.41) is 8.16. The maximum atomic E-state index is 14.0. The van der Waals surface area contributed by atoms with Crippen LogP contribution >= 0.6 is 0 Å². The van der Waals surface area contributed by atoms with E-state index in [4.69, 9.17) is 5.14 Å². The fourth-order valence-electron chi connectivity index (χ4n) is 2.10. The van der Waals surface area contributed by atoms with Gasteiger partial charge in [0.25, 0.3) is 5.82 Å². The van der Waals surface area contributed by atoms with Crippen molar-refractivity contribution >= 4 is 10.0 Å². The smallest absolute Gasteiger partial charge is 0.236 e. The number of pyridine rings is 1. The topological polar surface area (TPSA) is 104 Å². The summed E-state index contributed by atoms with van der Waals surface area (Å²) in [5.41, 5.74) is -0.588. The van der Waals surface area contributed by atoms with Gasteiger partial charge in [-0.1, -0.05) is 0 Å². The van der Waals surface area contributed by atoms with Crippen molar-refractivity contribution in [1.82, 2.24) is 19.7 Å². The van der Waals surface area contributed by atoms with Crippen LogP contribution in [0.3, 0.4) is 0 Å². The fraction of sp³-hybridized carbons (Fsp3) is 0.0714. The van der Waals surface area contributed by atoms with Crippen LogP contribution in [0.4, 0.5) is 22.0 Å². The van der Waals surface area contributed by atoms with E-state index in [-0.39, 0.29) is 5.82 Å². The first-order valence-corrected chi connectivity index (χ1v) is 8.50. The van der Waals surface area contributed by atoms with E-state index < -0.39 is 49.9 Å². The van der Waals surface area contributed by atoms with Gasteiger partial charge in [-0.2, -0.15) is 17.9 Å². The van der Waals surface area contributed by atoms with Gasteiger partial charge in [-0.15, -0.1) is 5.10 Å². The Morgan fingerprint density at radius 2 is 1.78 bits per heavy atom. The molecule has 3 aromatic rings. The highest BCUT2D eigenvalue weighted by molar-refractivity contribution is 7.89. The van der Waals surface area contributed by atoms with E-state index in [0.717, 1.165) is 24.4 Å². The fourth-order valence-corrected chi connectivity index (χ4v) is 2.56. The summed E-state index contributed by atoms with van der Waals surface area (Å²) in [7, 11) is -4.09. The predicted octanol–water partition coefficient (Wildman–Crippen LogP) is 2.27. The van der Waals surface area contributed by atoms with Crippen LogP contribution < -0.4 is 5.14 Å². The third kappa shape index (κ3) is 3.78. The van der Waals surface area contributed by atoms with Crippen LogP contribution in [0, 0.1) is 11.6 Å². The minimum Gasteiger partial charge on any atom is -0.236 e. The molecule has 3 rings (SSSR count). The molecule has 0 fully saturated rings. The van der Waals surface area contributed by atoms with Gasteiger partial charge in [0, 0.05) is 6.20 Å². The Balaban J connectivity index is 2.23. The Hall–Kier alpha value is -2.93. The molecule has 0 bridgehead atoms. The highest BCUT2D eigenvalue weighted by Gasteiger charge is 2.38. The zero-order valence-corrected chi connectivity index (χ0v) is 13.8. The van der Waals surface area contributed by atoms with E-state index in [0.29, 0.717) is 16.8 Å². The van der Waals surface area contributed by atoms with Gasteiger partial charge in [-0.25, -0.2) is 32.3 Å². The van der Waals surface area contributed by atoms with Gasteiger partial charge in [0.05, 0.1) is 5.56 Å². The Kier molecular flexibility index (Phi) is 4.43. The van der Waals surface area contributed by atoms with E-state index in [1.165, 1.54) is 0 Å². The van der Waals surface area contributed by atoms with Crippen LogP contribution in [0.15, 0.2) is 41.4 Å². The minimum atomic E-state index is -4.97. The van der Waals surface area contributed by atoms with Crippen molar-refractivity contribution in [3.63, 3.8) is 0 Å². The third-order valence-corrected chi connectivity index (χ3v) is 4.19. The van der Waals surface area contributed by atoms with Crippen LogP contribution in [0.2, 0.25) is 0 Å². The molecular weight excluding hydrogens is 397 g/mol. The lowest BCUT2D eigenvalue weighted by molar-refractivity contribution is -0.144. The summed E-state index contributed by atoms with van der Waals surface area (Å²) < 4.78 is 89.5. The van der Waals surface area contributed by atoms with Gasteiger partial charge in [0.2, 0.25) is 10.0 Å². The Morgan fingerprint density at radius 3 is 2.33 bits per heavy atom. The molecule has 0 atom stereocenters. The van der Waals surface area contributed by atoms with Gasteiger partial charge < -0.3 is 0 Å². The maximum absolute atomic E-state index is 14.0. The van der Waals surface area contributed by atoms with Crippen LogP contribution in [-0.4, -0.2) is 28.2 Å². The Morgan fingerprint density at radius 1 is 1.07 bits per heavy atom. The molecule has 0 radical (unpaired) electrons. The highest BCUT2D eigenvalue weighted by Crippen LogP contribution is 2.31. The number of rotatable bonds is 3. The number of hydrogen-bond acceptors (Lipinski definition) is 5. The van der Waals surface area contributed by atoms with E-state index in [9.17, 15) is 30.4 Å². The second-order valence-corrected chi connectivity index (χ2v) is 6.75. The van der Waals surface area contributed by atoms with Crippen molar-refractivity contribution in [2.45, 2.75) is 11.1 Å². The number of sulfonamides is 1. The quantitative estimate of drug-likeness (QED) is 0.674. The average Bonchev–Trinajstić information content (AvgIpc) is 3.02. The van der Waals surface area contributed by atoms with E-state index >= 15 is 0 Å². The van der Waals surface area contributed by atoms with Crippen molar-refractivity contribution in [2.75, 3.05) is 0 Å². The Bertz CT molecular complexity index is 1110. The van der Waals surface area contributed by atoms with E-state index in [1.807, 2.05) is 0 Å². The second kappa shape index (κ2) is 6.35. The monoisotopic (exact) mass is 405 g/mol. The largest absolute Gasteiger partial charge is 0.453 e. The molecule has 0 saturated heterocycles. The van der Waals surface area contributed by atoms with Gasteiger partial charge in [0.1, 0.15) is 16.5 Å². The van der Waals surface area contributed by atoms with Crippen molar-refractivity contribution < 1.29 is 30.4 Å². The number of nitrogens with two attached hydrogens (primary N) is 1. The summed E-state index contributed by atoms with van der Waals surface area (Å²) in [5.74, 6) is -4.55. The molecule has 2 N–H and O–H groups in total. The molecule has 0 spiro atoms. The van der Waals surface area contributed by atoms with Gasteiger partial charge in [0.15, 0.2) is 11.6 Å². The lowest BCUT2D eigenvalue weighted by Crippen LogP contribution is -2.13. The molecule has 2 heterocycles. The number of alkyl halides is 3. The standard InChI is InChI=1S/C14H8F5N5O2S/c15-7-1-3-10(16)9(5-7)12-22-13(14(17,18)19)23-24(12)11-4-2-8(6-21-11)27(20,25)26/h1-6H,(H2,20,25,26). The normalized spacial score (nSPS) is 12.4. The number of aromatic nitrogens is 4. The number of primary sulfonamides is 1. The Labute approximate surface area is 148 Å². The average molecular weight is 405 g/mol. The number of nitrogens with zero attached hydrogens (tertiary/aromatic N) is 4. The van der Waals surface area contributed by atoms with Crippen molar-refractivity contribution in [2.24, 2.45) is 5.14 Å². The zero-order chi connectivity index (χ0) is 20.0. The van der Waals surface area contributed by atoms with E-state index in [2.05, 4.69) is 15.1 Å². The molecule has 0 saturated carbocycles. The van der Waals surface area contributed by atoms with Crippen LogP contribution in [0.25, 0.3) is 17.2 Å². The van der Waals surface area contributed by atoms with Crippen LogP contribution in [0.1, 0.15) is 5.82 Å². The van der Waals surface area contributed by atoms with Crippen molar-refractivity contribution in [3.05, 3.63) is 54.0 Å². The molecule has 0 aliphatic rings. The molecule has 0 unspecified atom stereocenters. The first-order valence-electron chi connectivity index (χ1n) is 6.96. The van der Waals surface area contributed by atoms with Crippen LogP contribution in [-0.2, 0) is 16.2 Å². The summed E-state index contributed by atoms with van der Waals surface area (Å²) in [6, 6.07) is 4.11. The molecule has 142 valence electrons. The lowest BCUT2D eigenvalue weighted by Gasteiger charge is -2.07. The molecular formula is C14H8F5N5O2S. The SMILES string of the molecule is NS(=O)(=O)c1ccc(-n2nc(C(F)(F)F)nc2-c2cc(F)ccc2F)nc1. The highest BCUT2D eigenvalue weighted by atomic mass is 32.2. The summed E-state index contributed by atoms with van der Waals surface area (Å²) in [6.07, 6.45) is -4.18. The van der Waals surface area contributed by atoms with Crippen molar-refractivity contribution in [3.8, 4) is 17.2 Å². The number of halogens is 5. The lowest BCUT2D eigenvalue weighted by atomic mass is 10.2. The minimum absolute atomic E-state index is 0.316. The second-order valence-electron chi connectivity index (χ2n) is 5.19. The first-order chi connectivity index (χ1) is 12.5. The molecule has 7 nitrogen and oxygen atoms in total. The molecule has 13 heteroatoms. The molecule has 0 aliphatic carbocycles. The first kappa shape index (κ1) is 18.8. The summed E-state index contributed by atoms with van der Waals surface area (Å²) >= 11 is 0. The van der Waals surface area contributed by atoms with Gasteiger partial charge in [-0.05, 0) is 30.3 Å². The maximum Gasteiger partial charge on any atom is 0.453 e. The summed E-state index contributed by atoms with van der Waals surface area (Å²) in [4.78, 5) is 6.50. The molecule has 2 aromatic heterocycles. The zero-order valence-electron chi connectivity index (χ0n) is 12.9.